The van der Waals surface area contributed by atoms with Crippen LogP contribution in [0.1, 0.15) is 52.4 Å². The molecule has 0 aromatic carbocycles. The standard InChI is InChI=1S/C15H33N3/c1-5-9-15(13-16,10-6-2)18(4)12-14-8-7-11-17(14)3/h14H,5-13,16H2,1-4H3. The minimum Gasteiger partial charge on any atom is -0.329 e. The van der Waals surface area contributed by atoms with E-state index < -0.39 is 0 Å². The number of likely N-dealkylation sites (tertiary alicyclic amines) is 1. The van der Waals surface area contributed by atoms with Crippen molar-refractivity contribution in [3.63, 3.8) is 0 Å². The van der Waals surface area contributed by atoms with Crippen molar-refractivity contribution in [1.82, 2.24) is 9.80 Å². The van der Waals surface area contributed by atoms with Crippen LogP contribution in [0.2, 0.25) is 0 Å². The third-order valence-electron chi connectivity index (χ3n) is 4.78. The van der Waals surface area contributed by atoms with Crippen LogP contribution in [-0.2, 0) is 0 Å². The van der Waals surface area contributed by atoms with Crippen LogP contribution in [0.4, 0.5) is 0 Å². The van der Waals surface area contributed by atoms with Crippen molar-refractivity contribution in [2.75, 3.05) is 33.7 Å². The van der Waals surface area contributed by atoms with Gasteiger partial charge >= 0.3 is 0 Å². The smallest absolute Gasteiger partial charge is 0.0329 e. The average Bonchev–Trinajstić information content (AvgIpc) is 2.74. The van der Waals surface area contributed by atoms with E-state index in [9.17, 15) is 0 Å². The quantitative estimate of drug-likeness (QED) is 0.722. The van der Waals surface area contributed by atoms with Crippen LogP contribution in [0.5, 0.6) is 0 Å². The van der Waals surface area contributed by atoms with Gasteiger partial charge < -0.3 is 10.6 Å². The molecule has 3 nitrogen and oxygen atoms in total. The van der Waals surface area contributed by atoms with Crippen molar-refractivity contribution in [1.29, 1.82) is 0 Å². The van der Waals surface area contributed by atoms with Crippen molar-refractivity contribution in [3.05, 3.63) is 0 Å². The maximum absolute atomic E-state index is 6.13. The topological polar surface area (TPSA) is 32.5 Å². The summed E-state index contributed by atoms with van der Waals surface area (Å²) in [6.45, 7) is 7.77. The lowest BCUT2D eigenvalue weighted by atomic mass is 9.86. The van der Waals surface area contributed by atoms with Crippen LogP contribution in [0.15, 0.2) is 0 Å². The first-order valence-corrected chi connectivity index (χ1v) is 7.71. The van der Waals surface area contributed by atoms with E-state index in [4.69, 9.17) is 5.73 Å². The highest BCUT2D eigenvalue weighted by Gasteiger charge is 2.34. The van der Waals surface area contributed by atoms with E-state index in [0.29, 0.717) is 0 Å². The maximum Gasteiger partial charge on any atom is 0.0329 e. The van der Waals surface area contributed by atoms with Crippen LogP contribution >= 0.6 is 0 Å². The molecule has 18 heavy (non-hydrogen) atoms. The van der Waals surface area contributed by atoms with Crippen LogP contribution in [0.25, 0.3) is 0 Å². The molecule has 1 unspecified atom stereocenters. The van der Waals surface area contributed by atoms with Gasteiger partial charge in [0.1, 0.15) is 0 Å². The number of hydrogen-bond acceptors (Lipinski definition) is 3. The fourth-order valence-electron chi connectivity index (χ4n) is 3.52. The average molecular weight is 255 g/mol. The molecule has 0 aromatic heterocycles. The fraction of sp³-hybridized carbons (Fsp3) is 1.00. The molecule has 0 amide bonds. The minimum absolute atomic E-state index is 0.229. The Kier molecular flexibility index (Phi) is 6.61. The van der Waals surface area contributed by atoms with Crippen molar-refractivity contribution in [3.8, 4) is 0 Å². The molecule has 1 heterocycles. The van der Waals surface area contributed by atoms with Crippen molar-refractivity contribution in [2.24, 2.45) is 5.73 Å². The van der Waals surface area contributed by atoms with Gasteiger partial charge in [-0.25, -0.2) is 0 Å². The van der Waals surface area contributed by atoms with E-state index in [1.165, 1.54) is 51.6 Å². The van der Waals surface area contributed by atoms with Crippen LogP contribution in [0.3, 0.4) is 0 Å². The molecule has 1 fully saturated rings. The summed E-state index contributed by atoms with van der Waals surface area (Å²) in [5, 5.41) is 0. The van der Waals surface area contributed by atoms with Gasteiger partial charge in [0.05, 0.1) is 0 Å². The Morgan fingerprint density at radius 2 is 1.89 bits per heavy atom. The Morgan fingerprint density at radius 3 is 2.28 bits per heavy atom. The highest BCUT2D eigenvalue weighted by atomic mass is 15.2. The second-order valence-corrected chi connectivity index (χ2v) is 6.09. The number of likely N-dealkylation sites (N-methyl/N-ethyl adjacent to an activating group) is 2. The fourth-order valence-corrected chi connectivity index (χ4v) is 3.52. The van der Waals surface area contributed by atoms with Crippen molar-refractivity contribution >= 4 is 0 Å². The predicted octanol–water partition coefficient (Wildman–Crippen LogP) is 2.31. The molecule has 1 aliphatic rings. The molecule has 1 saturated heterocycles. The van der Waals surface area contributed by atoms with E-state index in [1.54, 1.807) is 0 Å². The third-order valence-corrected chi connectivity index (χ3v) is 4.78. The SMILES string of the molecule is CCCC(CN)(CCC)N(C)CC1CCCN1C. The molecule has 0 aliphatic carbocycles. The third kappa shape index (κ3) is 3.69. The van der Waals surface area contributed by atoms with Gasteiger partial charge in [0.2, 0.25) is 0 Å². The Bertz CT molecular complexity index is 224. The molecule has 1 rings (SSSR count). The molecule has 0 spiro atoms. The zero-order chi connectivity index (χ0) is 13.6. The second kappa shape index (κ2) is 7.46. The molecule has 2 N–H and O–H groups in total. The van der Waals surface area contributed by atoms with E-state index in [1.807, 2.05) is 0 Å². The molecule has 108 valence electrons. The zero-order valence-corrected chi connectivity index (χ0v) is 12.9. The molecule has 0 aromatic rings. The summed E-state index contributed by atoms with van der Waals surface area (Å²) in [5.74, 6) is 0. The molecular formula is C15H33N3. The van der Waals surface area contributed by atoms with E-state index in [2.05, 4.69) is 37.7 Å². The van der Waals surface area contributed by atoms with Crippen molar-refractivity contribution < 1.29 is 0 Å². The lowest BCUT2D eigenvalue weighted by Crippen LogP contribution is -2.55. The zero-order valence-electron chi connectivity index (χ0n) is 12.9. The summed E-state index contributed by atoms with van der Waals surface area (Å²) in [6.07, 6.45) is 7.60. The highest BCUT2D eigenvalue weighted by Crippen LogP contribution is 2.27. The largest absolute Gasteiger partial charge is 0.329 e. The summed E-state index contributed by atoms with van der Waals surface area (Å²) in [7, 11) is 4.54. The Morgan fingerprint density at radius 1 is 1.28 bits per heavy atom. The lowest BCUT2D eigenvalue weighted by Gasteiger charge is -2.43. The van der Waals surface area contributed by atoms with Gasteiger partial charge in [0.25, 0.3) is 0 Å². The van der Waals surface area contributed by atoms with Gasteiger partial charge in [-0.05, 0) is 46.3 Å². The summed E-state index contributed by atoms with van der Waals surface area (Å²) >= 11 is 0. The Balaban J connectivity index is 2.65. The molecule has 1 atom stereocenters. The minimum atomic E-state index is 0.229. The normalized spacial score (nSPS) is 22.0. The molecule has 0 radical (unpaired) electrons. The molecular weight excluding hydrogens is 222 g/mol. The summed E-state index contributed by atoms with van der Waals surface area (Å²) in [4.78, 5) is 5.07. The second-order valence-electron chi connectivity index (χ2n) is 6.09. The number of nitrogens with zero attached hydrogens (tertiary/aromatic N) is 2. The summed E-state index contributed by atoms with van der Waals surface area (Å²) < 4.78 is 0. The molecule has 3 heteroatoms. The monoisotopic (exact) mass is 255 g/mol. The number of hydrogen-bond donors (Lipinski definition) is 1. The summed E-state index contributed by atoms with van der Waals surface area (Å²) in [6, 6.07) is 0.731. The Labute approximate surface area is 114 Å². The number of nitrogens with two attached hydrogens (primary N) is 1. The molecule has 1 aliphatic heterocycles. The van der Waals surface area contributed by atoms with Crippen LogP contribution in [-0.4, -0.2) is 55.1 Å². The van der Waals surface area contributed by atoms with E-state index in [-0.39, 0.29) is 5.54 Å². The van der Waals surface area contributed by atoms with Crippen LogP contribution < -0.4 is 5.73 Å². The van der Waals surface area contributed by atoms with Gasteiger partial charge in [-0.2, -0.15) is 0 Å². The van der Waals surface area contributed by atoms with E-state index in [0.717, 1.165) is 12.6 Å². The van der Waals surface area contributed by atoms with Gasteiger partial charge in [0, 0.05) is 24.7 Å². The van der Waals surface area contributed by atoms with Gasteiger partial charge in [-0.15, -0.1) is 0 Å². The highest BCUT2D eigenvalue weighted by molar-refractivity contribution is 4.92. The first kappa shape index (κ1) is 15.9. The van der Waals surface area contributed by atoms with Gasteiger partial charge in [-0.1, -0.05) is 26.7 Å². The number of rotatable bonds is 8. The van der Waals surface area contributed by atoms with Gasteiger partial charge in [0.15, 0.2) is 0 Å². The first-order chi connectivity index (χ1) is 8.59. The van der Waals surface area contributed by atoms with Crippen LogP contribution in [0, 0.1) is 0 Å². The first-order valence-electron chi connectivity index (χ1n) is 7.71. The van der Waals surface area contributed by atoms with E-state index >= 15 is 0 Å². The maximum atomic E-state index is 6.13. The lowest BCUT2D eigenvalue weighted by molar-refractivity contribution is 0.0780. The molecule has 0 bridgehead atoms. The predicted molar refractivity (Wildman–Crippen MR) is 79.9 cm³/mol. The van der Waals surface area contributed by atoms with Gasteiger partial charge in [-0.3, -0.25) is 4.90 Å². The Hall–Kier alpha value is -0.120. The summed E-state index contributed by atoms with van der Waals surface area (Å²) in [5.41, 5.74) is 6.36. The van der Waals surface area contributed by atoms with Crippen molar-refractivity contribution in [2.45, 2.75) is 64.0 Å². The molecule has 0 saturated carbocycles.